The molecule has 1 aromatic rings. The van der Waals surface area contributed by atoms with E-state index in [9.17, 15) is 4.79 Å². The normalized spacial score (nSPS) is 12.9. The molecule has 2 rings (SSSR count). The summed E-state index contributed by atoms with van der Waals surface area (Å²) in [4.78, 5) is 11.8. The van der Waals surface area contributed by atoms with Gasteiger partial charge in [0.15, 0.2) is 0 Å². The molecule has 18 heavy (non-hydrogen) atoms. The van der Waals surface area contributed by atoms with Crippen LogP contribution in [0, 0.1) is 0 Å². The molecular weight excluding hydrogens is 230 g/mol. The Morgan fingerprint density at radius 1 is 1.33 bits per heavy atom. The van der Waals surface area contributed by atoms with Crippen LogP contribution in [0.3, 0.4) is 0 Å². The molecule has 1 aliphatic heterocycles. The summed E-state index contributed by atoms with van der Waals surface area (Å²) in [5.41, 5.74) is 2.91. The number of anilines is 1. The second-order valence-corrected chi connectivity index (χ2v) is 4.30. The Hall–Kier alpha value is -1.55. The van der Waals surface area contributed by atoms with E-state index in [0.717, 1.165) is 25.1 Å². The lowest BCUT2D eigenvalue weighted by molar-refractivity contribution is 0.0318. The van der Waals surface area contributed by atoms with Crippen molar-refractivity contribution in [3.8, 4) is 0 Å². The second kappa shape index (κ2) is 6.40. The highest BCUT2D eigenvalue weighted by molar-refractivity contribution is 5.91. The van der Waals surface area contributed by atoms with Crippen molar-refractivity contribution in [3.05, 3.63) is 29.3 Å². The molecule has 0 atom stereocenters. The average Bonchev–Trinajstić information content (AvgIpc) is 2.85. The van der Waals surface area contributed by atoms with Gasteiger partial charge in [-0.2, -0.15) is 0 Å². The van der Waals surface area contributed by atoms with Gasteiger partial charge in [-0.3, -0.25) is 0 Å². The predicted molar refractivity (Wildman–Crippen MR) is 70.0 cm³/mol. The van der Waals surface area contributed by atoms with E-state index in [1.54, 1.807) is 0 Å². The molecule has 0 saturated heterocycles. The van der Waals surface area contributed by atoms with Gasteiger partial charge in [-0.1, -0.05) is 13.0 Å². The Bertz CT molecular complexity index is 418. The first kappa shape index (κ1) is 12.9. The monoisotopic (exact) mass is 249 g/mol. The number of fused-ring (bicyclic) bond motifs is 1. The number of hydrogen-bond donors (Lipinski definition) is 1. The Kier molecular flexibility index (Phi) is 4.59. The maximum Gasteiger partial charge on any atom is 0.338 e. The first-order valence-electron chi connectivity index (χ1n) is 6.43. The number of carbonyl (C=O) groups excluding carboxylic acids is 1. The van der Waals surface area contributed by atoms with Crippen LogP contribution in [0.4, 0.5) is 5.69 Å². The van der Waals surface area contributed by atoms with E-state index in [-0.39, 0.29) is 5.97 Å². The van der Waals surface area contributed by atoms with Crippen LogP contribution in [-0.4, -0.2) is 32.3 Å². The van der Waals surface area contributed by atoms with Crippen molar-refractivity contribution < 1.29 is 14.3 Å². The van der Waals surface area contributed by atoms with Crippen LogP contribution < -0.4 is 5.32 Å². The molecule has 0 aliphatic carbocycles. The molecule has 1 heterocycles. The third kappa shape index (κ3) is 3.23. The molecule has 0 amide bonds. The highest BCUT2D eigenvalue weighted by Crippen LogP contribution is 2.23. The first-order chi connectivity index (χ1) is 8.81. The fraction of sp³-hybridized carbons (Fsp3) is 0.500. The summed E-state index contributed by atoms with van der Waals surface area (Å²) in [5.74, 6) is -0.286. The van der Waals surface area contributed by atoms with E-state index >= 15 is 0 Å². The Labute approximate surface area is 107 Å². The molecule has 0 unspecified atom stereocenters. The molecule has 1 N–H and O–H groups in total. The summed E-state index contributed by atoms with van der Waals surface area (Å²) in [7, 11) is 0. The van der Waals surface area contributed by atoms with E-state index < -0.39 is 0 Å². The molecule has 98 valence electrons. The quantitative estimate of drug-likeness (QED) is 0.620. The number of esters is 1. The van der Waals surface area contributed by atoms with Gasteiger partial charge in [0.2, 0.25) is 0 Å². The lowest BCUT2D eigenvalue weighted by atomic mass is 10.1. The molecule has 0 bridgehead atoms. The first-order valence-corrected chi connectivity index (χ1v) is 6.43. The molecular formula is C14H19NO3. The van der Waals surface area contributed by atoms with Crippen molar-refractivity contribution in [1.29, 1.82) is 0 Å². The predicted octanol–water partition coefficient (Wildman–Crippen LogP) is 2.24. The van der Waals surface area contributed by atoms with Crippen molar-refractivity contribution in [1.82, 2.24) is 0 Å². The van der Waals surface area contributed by atoms with Crippen LogP contribution in [0.5, 0.6) is 0 Å². The molecule has 4 heteroatoms. The Morgan fingerprint density at radius 3 is 3.06 bits per heavy atom. The minimum absolute atomic E-state index is 0.286. The van der Waals surface area contributed by atoms with Crippen LogP contribution in [0.1, 0.15) is 29.3 Å². The molecule has 0 spiro atoms. The van der Waals surface area contributed by atoms with Crippen LogP contribution in [0.15, 0.2) is 18.2 Å². The van der Waals surface area contributed by atoms with Gasteiger partial charge < -0.3 is 14.8 Å². The average molecular weight is 249 g/mol. The minimum Gasteiger partial charge on any atom is -0.460 e. The standard InChI is InChI=1S/C14H19NO3/c1-2-7-17-8-9-18-14(16)12-4-3-11-5-6-15-13(11)10-12/h3-4,10,15H,2,5-9H2,1H3. The van der Waals surface area contributed by atoms with Gasteiger partial charge in [-0.05, 0) is 30.5 Å². The smallest absolute Gasteiger partial charge is 0.338 e. The molecule has 1 aliphatic rings. The van der Waals surface area contributed by atoms with E-state index in [1.165, 1.54) is 5.56 Å². The van der Waals surface area contributed by atoms with E-state index in [2.05, 4.69) is 5.32 Å². The molecule has 0 aromatic heterocycles. The fourth-order valence-electron chi connectivity index (χ4n) is 1.94. The summed E-state index contributed by atoms with van der Waals surface area (Å²) < 4.78 is 10.4. The van der Waals surface area contributed by atoms with Gasteiger partial charge in [0, 0.05) is 18.8 Å². The maximum absolute atomic E-state index is 11.8. The van der Waals surface area contributed by atoms with E-state index in [4.69, 9.17) is 9.47 Å². The highest BCUT2D eigenvalue weighted by Gasteiger charge is 2.14. The van der Waals surface area contributed by atoms with Crippen molar-refractivity contribution >= 4 is 11.7 Å². The largest absolute Gasteiger partial charge is 0.460 e. The Balaban J connectivity index is 1.82. The number of carbonyl (C=O) groups is 1. The van der Waals surface area contributed by atoms with Crippen LogP contribution in [0.2, 0.25) is 0 Å². The fourth-order valence-corrected chi connectivity index (χ4v) is 1.94. The molecule has 1 aromatic carbocycles. The summed E-state index contributed by atoms with van der Waals surface area (Å²) in [6.45, 7) is 4.47. The van der Waals surface area contributed by atoms with Crippen molar-refractivity contribution in [2.45, 2.75) is 19.8 Å². The summed E-state index contributed by atoms with van der Waals surface area (Å²) >= 11 is 0. The molecule has 4 nitrogen and oxygen atoms in total. The van der Waals surface area contributed by atoms with Gasteiger partial charge in [-0.15, -0.1) is 0 Å². The van der Waals surface area contributed by atoms with Gasteiger partial charge >= 0.3 is 5.97 Å². The second-order valence-electron chi connectivity index (χ2n) is 4.30. The SMILES string of the molecule is CCCOCCOC(=O)c1ccc2c(c1)NCC2. The Morgan fingerprint density at radius 2 is 2.22 bits per heavy atom. The van der Waals surface area contributed by atoms with Crippen LogP contribution in [0.25, 0.3) is 0 Å². The van der Waals surface area contributed by atoms with E-state index in [1.807, 2.05) is 25.1 Å². The summed E-state index contributed by atoms with van der Waals surface area (Å²) in [5, 5.41) is 3.25. The highest BCUT2D eigenvalue weighted by atomic mass is 16.6. The number of nitrogens with one attached hydrogen (secondary N) is 1. The van der Waals surface area contributed by atoms with Gasteiger partial charge in [0.05, 0.1) is 12.2 Å². The third-order valence-electron chi connectivity index (χ3n) is 2.86. The van der Waals surface area contributed by atoms with Crippen LogP contribution in [-0.2, 0) is 15.9 Å². The number of rotatable bonds is 6. The maximum atomic E-state index is 11.8. The topological polar surface area (TPSA) is 47.6 Å². The molecule has 0 saturated carbocycles. The zero-order chi connectivity index (χ0) is 12.8. The van der Waals surface area contributed by atoms with E-state index in [0.29, 0.717) is 25.4 Å². The van der Waals surface area contributed by atoms with Gasteiger partial charge in [0.25, 0.3) is 0 Å². The van der Waals surface area contributed by atoms with Gasteiger partial charge in [-0.25, -0.2) is 4.79 Å². The van der Waals surface area contributed by atoms with Crippen LogP contribution >= 0.6 is 0 Å². The lowest BCUT2D eigenvalue weighted by Gasteiger charge is -2.07. The third-order valence-corrected chi connectivity index (χ3v) is 2.86. The number of ether oxygens (including phenoxy) is 2. The number of hydrogen-bond acceptors (Lipinski definition) is 4. The lowest BCUT2D eigenvalue weighted by Crippen LogP contribution is -2.11. The zero-order valence-corrected chi connectivity index (χ0v) is 10.7. The van der Waals surface area contributed by atoms with Crippen molar-refractivity contribution in [2.75, 3.05) is 31.7 Å². The molecule has 0 radical (unpaired) electrons. The minimum atomic E-state index is -0.286. The number of benzene rings is 1. The van der Waals surface area contributed by atoms with Crippen molar-refractivity contribution in [2.24, 2.45) is 0 Å². The van der Waals surface area contributed by atoms with Gasteiger partial charge in [0.1, 0.15) is 6.61 Å². The van der Waals surface area contributed by atoms with Crippen molar-refractivity contribution in [3.63, 3.8) is 0 Å². The molecule has 0 fully saturated rings. The zero-order valence-electron chi connectivity index (χ0n) is 10.7. The summed E-state index contributed by atoms with van der Waals surface area (Å²) in [6, 6.07) is 5.66. The summed E-state index contributed by atoms with van der Waals surface area (Å²) in [6.07, 6.45) is 2.00.